The number of hydrogen-bond donors (Lipinski definition) is 1. The van der Waals surface area contributed by atoms with Gasteiger partial charge in [-0.25, -0.2) is 4.98 Å². The maximum atomic E-state index is 13.0. The van der Waals surface area contributed by atoms with Gasteiger partial charge in [-0.2, -0.15) is 0 Å². The molecular formula is C69H74N3OPt-. The molecule has 2 aromatic heterocycles. The largest absolute Gasteiger partial charge is 0.507 e. The third kappa shape index (κ3) is 11.2. The Kier molecular flexibility index (Phi) is 10.4. The number of benzene rings is 7. The average molecular weight is 1170 g/mol. The first-order valence-electron chi connectivity index (χ1n) is 31.9. The second-order valence-electron chi connectivity index (χ2n) is 24.2. The fourth-order valence-corrected chi connectivity index (χ4v) is 9.06. The summed E-state index contributed by atoms with van der Waals surface area (Å²) in [5.41, 5.74) is 3.22. The first-order valence-corrected chi connectivity index (χ1v) is 24.9. The number of rotatable bonds is 8. The van der Waals surface area contributed by atoms with Gasteiger partial charge in [-0.3, -0.25) is 9.55 Å². The maximum absolute atomic E-state index is 13.0. The molecule has 0 saturated carbocycles. The minimum Gasteiger partial charge on any atom is -0.507 e. The summed E-state index contributed by atoms with van der Waals surface area (Å²) in [7, 11) is 0. The van der Waals surface area contributed by atoms with Crippen molar-refractivity contribution in [2.45, 2.75) is 132 Å². The van der Waals surface area contributed by atoms with Crippen LogP contribution in [0.15, 0.2) is 158 Å². The molecule has 9 aromatic rings. The van der Waals surface area contributed by atoms with Gasteiger partial charge in [0.15, 0.2) is 0 Å². The van der Waals surface area contributed by atoms with Crippen molar-refractivity contribution >= 4 is 11.0 Å². The van der Waals surface area contributed by atoms with Gasteiger partial charge in [0.05, 0.1) is 38.7 Å². The molecule has 0 spiro atoms. The monoisotopic (exact) mass is 1170 g/mol. The van der Waals surface area contributed by atoms with E-state index in [2.05, 4.69) is 26.8 Å². The van der Waals surface area contributed by atoms with Crippen molar-refractivity contribution in [2.75, 3.05) is 0 Å². The SMILES string of the molecule is [2H]c1cnc(-c2[c-]c(-c3cccc4c3nc(-c3cc(C(C)(C)C)cc(C(C)(C)C)c3O)n4-c3c(-c4c([2H])c([2H])c([2H])c([2H])c4[2H])cc(C(C)(C)C)cc3-c3c([2H])c([2H])c([2H])c([2H])c3[2H])cc(C(C)(C)C)c2)c([2H])c1-c1ccc(C([2H])([2H])C(C)(C)C)cc1.[Pt]. The van der Waals surface area contributed by atoms with Gasteiger partial charge in [0.1, 0.15) is 11.6 Å². The zero-order chi connectivity index (χ0) is 64.7. The van der Waals surface area contributed by atoms with Crippen LogP contribution in [0.4, 0.5) is 0 Å². The number of fused-ring (bicyclic) bond motifs is 1. The summed E-state index contributed by atoms with van der Waals surface area (Å²) in [6, 6.07) is 21.1. The first kappa shape index (κ1) is 38.2. The standard InChI is InChI=1S/C69H74N3O.Pt/c1-65(2,3)43-44-29-31-45(32-30-44)48-33-34-70-59(38-48)50-35-49(36-51(37-50)66(4,5)6)54-27-22-28-60-61(54)71-64(57-41-53(68(10,11)12)42-58(63(57)73)69(13,14)15)72(60)62-55(46-23-18-16-19-24-46)39-52(67(7,8)9)40-56(62)47-25-20-17-21-26-47;/h16-34,36-42,73H,43H2,1-15H3;/q-1;/i16D,17D,18D,19D,20D,21D,23D,24D,25D,26D,33D,38D,43D2;. The Hall–Kier alpha value is -6.35. The van der Waals surface area contributed by atoms with Crippen LogP contribution in [0.25, 0.3) is 83.9 Å². The molecule has 2 heterocycles. The van der Waals surface area contributed by atoms with E-state index in [1.165, 1.54) is 6.20 Å². The van der Waals surface area contributed by atoms with E-state index in [0.29, 0.717) is 55.5 Å². The van der Waals surface area contributed by atoms with Crippen molar-refractivity contribution < 1.29 is 45.4 Å². The summed E-state index contributed by atoms with van der Waals surface area (Å²) < 4.78 is 130. The van der Waals surface area contributed by atoms with Gasteiger partial charge in [0.2, 0.25) is 0 Å². The predicted octanol–water partition coefficient (Wildman–Crippen LogP) is 18.7. The average Bonchev–Trinajstić information content (AvgIpc) is 1.69. The molecule has 0 fully saturated rings. The van der Waals surface area contributed by atoms with Gasteiger partial charge < -0.3 is 5.11 Å². The molecule has 0 radical (unpaired) electrons. The van der Waals surface area contributed by atoms with Gasteiger partial charge in [-0.05, 0) is 103 Å². The van der Waals surface area contributed by atoms with Crippen LogP contribution in [0, 0.1) is 11.5 Å². The molecule has 4 nitrogen and oxygen atoms in total. The molecule has 1 N–H and O–H groups in total. The second kappa shape index (κ2) is 20.1. The van der Waals surface area contributed by atoms with Gasteiger partial charge >= 0.3 is 0 Å². The molecule has 382 valence electrons. The summed E-state index contributed by atoms with van der Waals surface area (Å²) in [5.74, 6) is -0.0145. The Bertz CT molecular complexity index is 4160. The minimum absolute atomic E-state index is 0. The third-order valence-corrected chi connectivity index (χ3v) is 13.1. The fraction of sp³-hybridized carbons (Fsp3) is 0.304. The van der Waals surface area contributed by atoms with E-state index in [1.54, 1.807) is 53.1 Å². The van der Waals surface area contributed by atoms with Crippen LogP contribution in [-0.2, 0) is 49.1 Å². The summed E-state index contributed by atoms with van der Waals surface area (Å²) in [5, 5.41) is 13.0. The molecule has 0 atom stereocenters. The van der Waals surface area contributed by atoms with Crippen LogP contribution in [0.2, 0.25) is 0 Å². The second-order valence-corrected chi connectivity index (χ2v) is 24.2. The Morgan fingerprint density at radius 2 is 1.08 bits per heavy atom. The molecule has 0 amide bonds. The Morgan fingerprint density at radius 3 is 1.62 bits per heavy atom. The van der Waals surface area contributed by atoms with Crippen molar-refractivity contribution in [3.05, 3.63) is 191 Å². The summed E-state index contributed by atoms with van der Waals surface area (Å²) in [6.07, 6.45) is -0.283. The zero-order valence-corrected chi connectivity index (χ0v) is 47.5. The van der Waals surface area contributed by atoms with Crippen molar-refractivity contribution in [1.82, 2.24) is 14.5 Å². The van der Waals surface area contributed by atoms with Crippen molar-refractivity contribution in [3.8, 4) is 78.6 Å². The van der Waals surface area contributed by atoms with Crippen molar-refractivity contribution in [3.63, 3.8) is 0 Å². The number of imidazole rings is 1. The molecule has 0 aliphatic rings. The number of phenols is 1. The van der Waals surface area contributed by atoms with E-state index in [0.717, 1.165) is 11.1 Å². The zero-order valence-electron chi connectivity index (χ0n) is 59.2. The van der Waals surface area contributed by atoms with Crippen molar-refractivity contribution in [2.24, 2.45) is 5.41 Å². The molecule has 7 aromatic carbocycles. The van der Waals surface area contributed by atoms with E-state index in [9.17, 15) is 12.0 Å². The topological polar surface area (TPSA) is 50.9 Å². The van der Waals surface area contributed by atoms with Crippen LogP contribution in [0.5, 0.6) is 5.75 Å². The van der Waals surface area contributed by atoms with Gasteiger partial charge in [0, 0.05) is 52.4 Å². The molecule has 0 aliphatic heterocycles. The first-order chi connectivity index (χ1) is 40.0. The normalized spacial score (nSPS) is 15.4. The quantitative estimate of drug-likeness (QED) is 0.154. The fourth-order valence-electron chi connectivity index (χ4n) is 9.06. The van der Waals surface area contributed by atoms with E-state index < -0.39 is 93.9 Å². The van der Waals surface area contributed by atoms with E-state index >= 15 is 0 Å². The van der Waals surface area contributed by atoms with Crippen LogP contribution in [0.3, 0.4) is 0 Å². The molecular weight excluding hydrogens is 1080 g/mol. The van der Waals surface area contributed by atoms with Gasteiger partial charge in [-0.1, -0.05) is 224 Å². The van der Waals surface area contributed by atoms with Crippen molar-refractivity contribution in [1.29, 1.82) is 0 Å². The van der Waals surface area contributed by atoms with E-state index in [1.807, 2.05) is 113 Å². The van der Waals surface area contributed by atoms with Crippen LogP contribution >= 0.6 is 0 Å². The number of hydrogen-bond acceptors (Lipinski definition) is 3. The number of phenolic OH excluding ortho intramolecular Hbond substituents is 1. The Labute approximate surface area is 476 Å². The molecule has 9 rings (SSSR count). The van der Waals surface area contributed by atoms with E-state index in [-0.39, 0.29) is 83.9 Å². The molecule has 5 heteroatoms. The number of aromatic hydroxyl groups is 1. The molecule has 0 aliphatic carbocycles. The Balaban J connectivity index is 0.0000100. The Morgan fingerprint density at radius 1 is 0.554 bits per heavy atom. The van der Waals surface area contributed by atoms with E-state index in [4.69, 9.17) is 22.3 Å². The number of nitrogens with zero attached hydrogens (tertiary/aromatic N) is 3. The minimum atomic E-state index is -1.68. The summed E-state index contributed by atoms with van der Waals surface area (Å²) in [4.78, 5) is 10.3. The van der Waals surface area contributed by atoms with Crippen LogP contribution in [0.1, 0.15) is 151 Å². The number of para-hydroxylation sites is 1. The molecule has 0 bridgehead atoms. The molecule has 74 heavy (non-hydrogen) atoms. The van der Waals surface area contributed by atoms with Gasteiger partial charge in [0.25, 0.3) is 0 Å². The summed E-state index contributed by atoms with van der Waals surface area (Å²) >= 11 is 0. The number of pyridine rings is 1. The van der Waals surface area contributed by atoms with Gasteiger partial charge in [-0.15, -0.1) is 29.3 Å². The maximum Gasteiger partial charge on any atom is 0.148 e. The number of aromatic nitrogens is 3. The third-order valence-electron chi connectivity index (χ3n) is 13.1. The van der Waals surface area contributed by atoms with Crippen LogP contribution < -0.4 is 0 Å². The summed E-state index contributed by atoms with van der Waals surface area (Å²) in [6.45, 7) is 29.5. The molecule has 0 unspecified atom stereocenters. The smallest absolute Gasteiger partial charge is 0.148 e. The predicted molar refractivity (Wildman–Crippen MR) is 310 cm³/mol. The van der Waals surface area contributed by atoms with Crippen LogP contribution in [-0.4, -0.2) is 19.6 Å². The molecule has 0 saturated heterocycles.